The van der Waals surface area contributed by atoms with E-state index in [2.05, 4.69) is 77.1 Å². The maximum absolute atomic E-state index is 6.52. The van der Waals surface area contributed by atoms with Gasteiger partial charge in [-0.05, 0) is 41.4 Å². The number of thioether (sulfide) groups is 2. The molecule has 0 atom stereocenters. The molecule has 4 heteroatoms. The van der Waals surface area contributed by atoms with E-state index in [0.717, 1.165) is 52.4 Å². The second-order valence-corrected chi connectivity index (χ2v) is 12.3. The number of benzene rings is 3. The van der Waals surface area contributed by atoms with Gasteiger partial charge in [-0.2, -0.15) is 23.5 Å². The molecule has 3 aromatic carbocycles. The largest absolute Gasteiger partial charge is 0.491 e. The first-order chi connectivity index (χ1) is 16.5. The molecular formula is C30H42O2S2. The first-order valence-electron chi connectivity index (χ1n) is 12.9. The van der Waals surface area contributed by atoms with Gasteiger partial charge in [0, 0.05) is 33.1 Å². The van der Waals surface area contributed by atoms with Gasteiger partial charge < -0.3 is 9.47 Å². The van der Waals surface area contributed by atoms with Crippen molar-refractivity contribution in [3.8, 4) is 11.5 Å². The van der Waals surface area contributed by atoms with Crippen LogP contribution in [0.1, 0.15) is 65.9 Å². The number of hydrogen-bond donors (Lipinski definition) is 0. The average molecular weight is 499 g/mol. The second kappa shape index (κ2) is 13.5. The fourth-order valence-corrected chi connectivity index (χ4v) is 5.78. The van der Waals surface area contributed by atoms with E-state index in [1.807, 2.05) is 23.5 Å². The first-order valence-corrected chi connectivity index (χ1v) is 15.2. The van der Waals surface area contributed by atoms with Gasteiger partial charge in [0.15, 0.2) is 0 Å². The second-order valence-electron chi connectivity index (χ2n) is 9.84. The van der Waals surface area contributed by atoms with Crippen LogP contribution in [0.2, 0.25) is 0 Å². The van der Waals surface area contributed by atoms with Crippen LogP contribution < -0.4 is 9.47 Å². The predicted octanol–water partition coefficient (Wildman–Crippen LogP) is 9.11. The minimum Gasteiger partial charge on any atom is -0.491 e. The Bertz CT molecular complexity index is 1040. The smallest absolute Gasteiger partial charge is 0.135 e. The van der Waals surface area contributed by atoms with E-state index >= 15 is 0 Å². The Kier molecular flexibility index (Phi) is 10.8. The lowest BCUT2D eigenvalue weighted by molar-refractivity contribution is 0.346. The minimum atomic E-state index is 0.0735. The third-order valence-electron chi connectivity index (χ3n) is 6.02. The van der Waals surface area contributed by atoms with Gasteiger partial charge in [0.25, 0.3) is 0 Å². The molecule has 0 radical (unpaired) electrons. The number of fused-ring (bicyclic) bond motifs is 2. The summed E-state index contributed by atoms with van der Waals surface area (Å²) in [5.41, 5.74) is 1.39. The summed E-state index contributed by atoms with van der Waals surface area (Å²) in [6, 6.07) is 15.4. The summed E-state index contributed by atoms with van der Waals surface area (Å²) in [5.74, 6) is 6.44. The van der Waals surface area contributed by atoms with Crippen LogP contribution in [0.3, 0.4) is 0 Å². The highest BCUT2D eigenvalue weighted by Crippen LogP contribution is 2.44. The third kappa shape index (κ3) is 7.24. The van der Waals surface area contributed by atoms with Crippen molar-refractivity contribution in [2.45, 2.75) is 65.7 Å². The fraction of sp³-hybridized carbons (Fsp3) is 0.533. The molecular weight excluding hydrogens is 456 g/mol. The molecule has 0 saturated carbocycles. The van der Waals surface area contributed by atoms with Crippen LogP contribution in [0.25, 0.3) is 21.5 Å². The molecule has 186 valence electrons. The van der Waals surface area contributed by atoms with Crippen molar-refractivity contribution >= 4 is 45.1 Å². The lowest BCUT2D eigenvalue weighted by Gasteiger charge is -2.22. The van der Waals surface area contributed by atoms with Gasteiger partial charge in [0.05, 0.1) is 13.2 Å². The zero-order valence-electron chi connectivity index (χ0n) is 21.7. The van der Waals surface area contributed by atoms with E-state index in [9.17, 15) is 0 Å². The summed E-state index contributed by atoms with van der Waals surface area (Å²) in [6.07, 6.45) is 5.04. The van der Waals surface area contributed by atoms with Gasteiger partial charge in [0.1, 0.15) is 11.5 Å². The van der Waals surface area contributed by atoms with Crippen LogP contribution in [0, 0.1) is 0 Å². The Hall–Kier alpha value is -1.52. The average Bonchev–Trinajstić information content (AvgIpc) is 2.83. The van der Waals surface area contributed by atoms with Crippen LogP contribution in [0.5, 0.6) is 11.5 Å². The SMILES string of the molecule is CCCCSCCOc1c2ccccc2c(OCCSCCCC)c2cc(C(C)(C)C)ccc12. The highest BCUT2D eigenvalue weighted by atomic mass is 32.2. The summed E-state index contributed by atoms with van der Waals surface area (Å²) >= 11 is 3.97. The molecule has 0 aliphatic rings. The van der Waals surface area contributed by atoms with E-state index < -0.39 is 0 Å². The van der Waals surface area contributed by atoms with Crippen LogP contribution in [-0.2, 0) is 5.41 Å². The monoisotopic (exact) mass is 498 g/mol. The number of rotatable bonds is 14. The quantitative estimate of drug-likeness (QED) is 0.163. The van der Waals surface area contributed by atoms with Crippen molar-refractivity contribution in [1.29, 1.82) is 0 Å². The van der Waals surface area contributed by atoms with Crippen molar-refractivity contribution in [2.75, 3.05) is 36.2 Å². The van der Waals surface area contributed by atoms with Crippen molar-refractivity contribution in [2.24, 2.45) is 0 Å². The maximum atomic E-state index is 6.52. The summed E-state index contributed by atoms with van der Waals surface area (Å²) in [7, 11) is 0. The van der Waals surface area contributed by atoms with Gasteiger partial charge in [0.2, 0.25) is 0 Å². The van der Waals surface area contributed by atoms with Crippen LogP contribution in [0.4, 0.5) is 0 Å². The van der Waals surface area contributed by atoms with Crippen molar-refractivity contribution in [3.63, 3.8) is 0 Å². The van der Waals surface area contributed by atoms with Gasteiger partial charge in [-0.15, -0.1) is 0 Å². The van der Waals surface area contributed by atoms with E-state index in [1.165, 1.54) is 48.1 Å². The first kappa shape index (κ1) is 27.1. The van der Waals surface area contributed by atoms with Crippen molar-refractivity contribution in [3.05, 3.63) is 48.0 Å². The van der Waals surface area contributed by atoms with Gasteiger partial charge in [-0.3, -0.25) is 0 Å². The van der Waals surface area contributed by atoms with Gasteiger partial charge >= 0.3 is 0 Å². The molecule has 0 heterocycles. The topological polar surface area (TPSA) is 18.5 Å². The van der Waals surface area contributed by atoms with Crippen molar-refractivity contribution in [1.82, 2.24) is 0 Å². The Morgan fingerprint density at radius 1 is 0.647 bits per heavy atom. The van der Waals surface area contributed by atoms with Crippen LogP contribution in [0.15, 0.2) is 42.5 Å². The fourth-order valence-electron chi connectivity index (χ4n) is 3.98. The minimum absolute atomic E-state index is 0.0735. The molecule has 0 unspecified atom stereocenters. The highest BCUT2D eigenvalue weighted by Gasteiger charge is 2.20. The standard InChI is InChI=1S/C30H42O2S2/c1-6-8-18-33-20-16-31-28-24-12-10-11-13-25(24)29(32-17-21-34-19-9-7-2)27-22-23(30(3,4)5)14-15-26(27)28/h10-15,22H,6-9,16-21H2,1-5H3. The molecule has 0 N–H and O–H groups in total. The molecule has 3 aromatic rings. The molecule has 2 nitrogen and oxygen atoms in total. The Morgan fingerprint density at radius 2 is 1.15 bits per heavy atom. The number of unbranched alkanes of at least 4 members (excludes halogenated alkanes) is 2. The molecule has 3 rings (SSSR count). The van der Waals surface area contributed by atoms with E-state index in [4.69, 9.17) is 9.47 Å². The van der Waals surface area contributed by atoms with Crippen molar-refractivity contribution < 1.29 is 9.47 Å². The molecule has 34 heavy (non-hydrogen) atoms. The molecule has 0 amide bonds. The zero-order chi connectivity index (χ0) is 24.4. The highest BCUT2D eigenvalue weighted by molar-refractivity contribution is 7.99. The zero-order valence-corrected chi connectivity index (χ0v) is 23.4. The molecule has 0 saturated heterocycles. The van der Waals surface area contributed by atoms with Gasteiger partial charge in [-0.25, -0.2) is 0 Å². The van der Waals surface area contributed by atoms with Crippen LogP contribution in [-0.4, -0.2) is 36.2 Å². The molecule has 0 fully saturated rings. The third-order valence-corrected chi connectivity index (χ3v) is 8.09. The lowest BCUT2D eigenvalue weighted by Crippen LogP contribution is -2.11. The normalized spacial score (nSPS) is 11.9. The number of hydrogen-bond acceptors (Lipinski definition) is 4. The summed E-state index contributed by atoms with van der Waals surface area (Å²) in [4.78, 5) is 0. The van der Waals surface area contributed by atoms with E-state index in [0.29, 0.717) is 0 Å². The number of ether oxygens (including phenoxy) is 2. The maximum Gasteiger partial charge on any atom is 0.135 e. The molecule has 0 aliphatic heterocycles. The summed E-state index contributed by atoms with van der Waals surface area (Å²) in [6.45, 7) is 12.7. The van der Waals surface area contributed by atoms with Crippen LogP contribution >= 0.6 is 23.5 Å². The molecule has 0 spiro atoms. The molecule has 0 aliphatic carbocycles. The molecule has 0 aromatic heterocycles. The van der Waals surface area contributed by atoms with E-state index in [-0.39, 0.29) is 5.41 Å². The predicted molar refractivity (Wildman–Crippen MR) is 156 cm³/mol. The van der Waals surface area contributed by atoms with Gasteiger partial charge in [-0.1, -0.05) is 83.9 Å². The summed E-state index contributed by atoms with van der Waals surface area (Å²) in [5, 5.41) is 4.61. The molecule has 0 bridgehead atoms. The lowest BCUT2D eigenvalue weighted by atomic mass is 9.85. The Labute approximate surface area is 215 Å². The Balaban J connectivity index is 1.97. The summed E-state index contributed by atoms with van der Waals surface area (Å²) < 4.78 is 13.0. The Morgan fingerprint density at radius 3 is 1.65 bits per heavy atom. The van der Waals surface area contributed by atoms with E-state index in [1.54, 1.807) is 0 Å².